The van der Waals surface area contributed by atoms with Crippen LogP contribution in [0.15, 0.2) is 0 Å². The molecule has 1 aliphatic rings. The summed E-state index contributed by atoms with van der Waals surface area (Å²) in [6, 6.07) is 0. The second-order valence-electron chi connectivity index (χ2n) is 1.31. The third kappa shape index (κ3) is 42.1. The maximum Gasteiger partial charge on any atom is 0.326 e. The van der Waals surface area contributed by atoms with Crippen LogP contribution in [0.4, 0.5) is 0 Å². The molecular weight excluding hydrogens is 170 g/mol. The molecule has 0 unspecified atom stereocenters. The van der Waals surface area contributed by atoms with Crippen molar-refractivity contribution in [3.63, 3.8) is 0 Å². The van der Waals surface area contributed by atoms with E-state index in [0.717, 1.165) is 0 Å². The fourth-order valence-electron chi connectivity index (χ4n) is 0. The van der Waals surface area contributed by atoms with Crippen molar-refractivity contribution >= 4 is 40.0 Å². The third-order valence-corrected chi connectivity index (χ3v) is 0.354. The summed E-state index contributed by atoms with van der Waals surface area (Å²) >= 11 is 14.8. The summed E-state index contributed by atoms with van der Waals surface area (Å²) in [6.07, 6.45) is 4.50. The molecule has 1 saturated carbocycles. The van der Waals surface area contributed by atoms with E-state index >= 15 is 0 Å². The molecule has 0 amide bonds. The van der Waals surface area contributed by atoms with Crippen molar-refractivity contribution in [2.75, 3.05) is 0 Å². The smallest absolute Gasteiger partial charge is 0.130 e. The lowest BCUT2D eigenvalue weighted by molar-refractivity contribution is 1.50. The highest BCUT2D eigenvalue weighted by Crippen LogP contribution is 2.14. The molecule has 0 aliphatic heterocycles. The predicted molar refractivity (Wildman–Crippen MR) is 38.6 cm³/mol. The molecule has 4 heteroatoms. The molecular formula is C3H7Cl3Si. The molecule has 1 fully saturated rings. The van der Waals surface area contributed by atoms with E-state index in [9.17, 15) is 0 Å². The molecule has 1 rings (SSSR count). The summed E-state index contributed by atoms with van der Waals surface area (Å²) in [7, 11) is 0. The number of rotatable bonds is 0. The van der Waals surface area contributed by atoms with Gasteiger partial charge in [0.05, 0.1) is 0 Å². The summed E-state index contributed by atoms with van der Waals surface area (Å²) in [5, 5.41) is 0. The van der Waals surface area contributed by atoms with Gasteiger partial charge in [-0.15, -0.1) is 33.2 Å². The van der Waals surface area contributed by atoms with Crippen LogP contribution in [0.1, 0.15) is 19.3 Å². The van der Waals surface area contributed by atoms with Gasteiger partial charge in [-0.3, -0.25) is 0 Å². The van der Waals surface area contributed by atoms with Gasteiger partial charge in [-0.25, -0.2) is 0 Å². The Morgan fingerprint density at radius 1 is 0.857 bits per heavy atom. The molecule has 0 spiro atoms. The van der Waals surface area contributed by atoms with Gasteiger partial charge in [-0.05, 0) is 0 Å². The molecule has 0 atom stereocenters. The fraction of sp³-hybridized carbons (Fsp3) is 1.00. The van der Waals surface area contributed by atoms with Crippen LogP contribution in [0, 0.1) is 0 Å². The highest BCUT2D eigenvalue weighted by molar-refractivity contribution is 7.54. The van der Waals surface area contributed by atoms with Crippen molar-refractivity contribution in [1.29, 1.82) is 0 Å². The molecule has 0 aromatic carbocycles. The second-order valence-corrected chi connectivity index (χ2v) is 7.74. The van der Waals surface area contributed by atoms with Crippen LogP contribution in [0.3, 0.4) is 0 Å². The zero-order valence-electron chi connectivity index (χ0n) is 3.83. The predicted octanol–water partition coefficient (Wildman–Crippen LogP) is 2.59. The Balaban J connectivity index is 0.000000105. The van der Waals surface area contributed by atoms with E-state index in [-0.39, 0.29) is 0 Å². The molecule has 44 valence electrons. The fourth-order valence-corrected chi connectivity index (χ4v) is 0. The topological polar surface area (TPSA) is 0 Å². The second kappa shape index (κ2) is 5.23. The minimum absolute atomic E-state index is 1.50. The van der Waals surface area contributed by atoms with E-state index in [0.29, 0.717) is 0 Å². The Kier molecular flexibility index (Phi) is 6.04. The average molecular weight is 178 g/mol. The largest absolute Gasteiger partial charge is 0.326 e. The molecule has 0 radical (unpaired) electrons. The van der Waals surface area contributed by atoms with Gasteiger partial charge in [0.1, 0.15) is 0 Å². The maximum atomic E-state index is 4.94. The first-order valence-electron chi connectivity index (χ1n) is 2.15. The van der Waals surface area contributed by atoms with Gasteiger partial charge >= 0.3 is 6.73 Å². The molecule has 0 aromatic heterocycles. The van der Waals surface area contributed by atoms with Crippen LogP contribution in [-0.4, -0.2) is 6.73 Å². The van der Waals surface area contributed by atoms with Gasteiger partial charge < -0.3 is 0 Å². The minimum Gasteiger partial charge on any atom is -0.130 e. The molecule has 1 aliphatic carbocycles. The Morgan fingerprint density at radius 2 is 1.00 bits per heavy atom. The van der Waals surface area contributed by atoms with Crippen molar-refractivity contribution in [3.8, 4) is 0 Å². The van der Waals surface area contributed by atoms with Crippen LogP contribution in [0.25, 0.3) is 0 Å². The van der Waals surface area contributed by atoms with Gasteiger partial charge in [0.25, 0.3) is 0 Å². The van der Waals surface area contributed by atoms with Crippen molar-refractivity contribution in [1.82, 2.24) is 0 Å². The lowest BCUT2D eigenvalue weighted by Gasteiger charge is -1.65. The number of hydrogen-bond donors (Lipinski definition) is 0. The van der Waals surface area contributed by atoms with Crippen LogP contribution in [0.5, 0.6) is 0 Å². The van der Waals surface area contributed by atoms with Gasteiger partial charge in [-0.2, -0.15) is 0 Å². The van der Waals surface area contributed by atoms with E-state index < -0.39 is 6.73 Å². The average Bonchev–Trinajstić information content (AvgIpc) is 2.02. The summed E-state index contributed by atoms with van der Waals surface area (Å²) in [5.74, 6) is 0. The van der Waals surface area contributed by atoms with Gasteiger partial charge in [0.2, 0.25) is 0 Å². The normalized spacial score (nSPS) is 15.4. The quantitative estimate of drug-likeness (QED) is 0.394. The maximum absolute atomic E-state index is 4.94. The standard InChI is InChI=1S/C3H6.Cl3HSi/c1-2-3-1;1-4(2)3/h1-3H2;4H. The Labute approximate surface area is 59.5 Å². The summed E-state index contributed by atoms with van der Waals surface area (Å²) < 4.78 is 0. The molecule has 0 saturated heterocycles. The van der Waals surface area contributed by atoms with E-state index in [2.05, 4.69) is 0 Å². The molecule has 0 bridgehead atoms. The van der Waals surface area contributed by atoms with Crippen molar-refractivity contribution in [3.05, 3.63) is 0 Å². The SMILES string of the molecule is C1CC1.Cl[SiH](Cl)Cl. The van der Waals surface area contributed by atoms with Crippen molar-refractivity contribution < 1.29 is 0 Å². The van der Waals surface area contributed by atoms with E-state index in [1.54, 1.807) is 0 Å². The zero-order chi connectivity index (χ0) is 5.70. The lowest BCUT2D eigenvalue weighted by Crippen LogP contribution is -1.66. The van der Waals surface area contributed by atoms with Gasteiger partial charge in [-0.1, -0.05) is 19.3 Å². The minimum atomic E-state index is -1.72. The van der Waals surface area contributed by atoms with Crippen LogP contribution >= 0.6 is 33.2 Å². The highest BCUT2D eigenvalue weighted by atomic mass is 35.8. The first kappa shape index (κ1) is 8.09. The van der Waals surface area contributed by atoms with E-state index in [1.165, 1.54) is 19.3 Å². The number of halogens is 3. The lowest BCUT2D eigenvalue weighted by atomic mass is 11.0. The van der Waals surface area contributed by atoms with E-state index in [1.807, 2.05) is 0 Å². The first-order valence-corrected chi connectivity index (χ1v) is 7.39. The Hall–Kier alpha value is 1.09. The van der Waals surface area contributed by atoms with E-state index in [4.69, 9.17) is 33.2 Å². The van der Waals surface area contributed by atoms with Gasteiger partial charge in [0.15, 0.2) is 0 Å². The zero-order valence-corrected chi connectivity index (χ0v) is 7.26. The molecule has 0 heterocycles. The van der Waals surface area contributed by atoms with Crippen LogP contribution < -0.4 is 0 Å². The number of hydrogen-bond acceptors (Lipinski definition) is 0. The first-order chi connectivity index (χ1) is 3.23. The monoisotopic (exact) mass is 176 g/mol. The van der Waals surface area contributed by atoms with Gasteiger partial charge in [0, 0.05) is 0 Å². The Bertz CT molecular complexity index is 31.7. The molecule has 0 nitrogen and oxygen atoms in total. The van der Waals surface area contributed by atoms with Crippen molar-refractivity contribution in [2.24, 2.45) is 0 Å². The summed E-state index contributed by atoms with van der Waals surface area (Å²) in [5.41, 5.74) is 0. The summed E-state index contributed by atoms with van der Waals surface area (Å²) in [6.45, 7) is -1.72. The molecule has 7 heavy (non-hydrogen) atoms. The molecule has 0 aromatic rings. The van der Waals surface area contributed by atoms with Crippen LogP contribution in [-0.2, 0) is 0 Å². The van der Waals surface area contributed by atoms with Crippen molar-refractivity contribution in [2.45, 2.75) is 19.3 Å². The Morgan fingerprint density at radius 3 is 1.00 bits per heavy atom. The highest BCUT2D eigenvalue weighted by Gasteiger charge is 1.95. The van der Waals surface area contributed by atoms with Crippen LogP contribution in [0.2, 0.25) is 0 Å². The molecule has 0 N–H and O–H groups in total. The third-order valence-electron chi connectivity index (χ3n) is 0.354. The summed E-state index contributed by atoms with van der Waals surface area (Å²) in [4.78, 5) is 0.